The first-order valence-corrected chi connectivity index (χ1v) is 7.66. The molecule has 0 aliphatic carbocycles. The Labute approximate surface area is 135 Å². The number of hydrogen-bond acceptors (Lipinski definition) is 2. The molecule has 0 bridgehead atoms. The maximum Gasteiger partial charge on any atom is 0.243 e. The van der Waals surface area contributed by atoms with E-state index in [-0.39, 0.29) is 5.91 Å². The summed E-state index contributed by atoms with van der Waals surface area (Å²) in [6, 6.07) is 18.4. The molecular weight excluding hydrogens is 286 g/mol. The Hall–Kier alpha value is -2.88. The molecule has 1 heterocycles. The van der Waals surface area contributed by atoms with Gasteiger partial charge in [-0.3, -0.25) is 4.79 Å². The largest absolute Gasteiger partial charge is 0.352 e. The number of rotatable bonds is 6. The lowest BCUT2D eigenvalue weighted by molar-refractivity contribution is -0.116. The Bertz CT molecular complexity index is 821. The minimum atomic E-state index is -0.157. The van der Waals surface area contributed by atoms with Crippen LogP contribution in [-0.2, 0) is 17.8 Å². The highest BCUT2D eigenvalue weighted by Gasteiger charge is 2.10. The molecule has 0 radical (unpaired) electrons. The van der Waals surface area contributed by atoms with Gasteiger partial charge >= 0.3 is 0 Å². The number of nitrogens with zero attached hydrogens (tertiary/aromatic N) is 2. The first-order valence-electron chi connectivity index (χ1n) is 7.66. The van der Waals surface area contributed by atoms with E-state index >= 15 is 0 Å². The minimum Gasteiger partial charge on any atom is -0.352 e. The molecule has 2 aromatic carbocycles. The Kier molecular flexibility index (Phi) is 4.52. The number of benzene rings is 2. The van der Waals surface area contributed by atoms with Gasteiger partial charge in [0.15, 0.2) is 0 Å². The van der Waals surface area contributed by atoms with Crippen LogP contribution in [0.25, 0.3) is 11.0 Å². The van der Waals surface area contributed by atoms with Crippen molar-refractivity contribution in [2.75, 3.05) is 6.54 Å². The highest BCUT2D eigenvalue weighted by Crippen LogP contribution is 2.18. The van der Waals surface area contributed by atoms with E-state index in [1.807, 2.05) is 36.4 Å². The van der Waals surface area contributed by atoms with Crippen LogP contribution < -0.4 is 5.32 Å². The van der Waals surface area contributed by atoms with E-state index < -0.39 is 0 Å². The van der Waals surface area contributed by atoms with Crippen molar-refractivity contribution in [3.05, 3.63) is 78.6 Å². The van der Waals surface area contributed by atoms with E-state index in [0.717, 1.165) is 23.4 Å². The van der Waals surface area contributed by atoms with Crippen molar-refractivity contribution >= 4 is 16.9 Å². The van der Waals surface area contributed by atoms with Gasteiger partial charge < -0.3 is 9.88 Å². The lowest BCUT2D eigenvalue weighted by atomic mass is 10.2. The highest BCUT2D eigenvalue weighted by molar-refractivity contribution is 5.86. The maximum atomic E-state index is 11.3. The Balaban J connectivity index is 1.88. The first kappa shape index (κ1) is 15.0. The van der Waals surface area contributed by atoms with Gasteiger partial charge in [0.05, 0.1) is 11.0 Å². The van der Waals surface area contributed by atoms with Gasteiger partial charge in [-0.15, -0.1) is 0 Å². The Morgan fingerprint density at radius 3 is 2.65 bits per heavy atom. The zero-order valence-electron chi connectivity index (χ0n) is 12.9. The summed E-state index contributed by atoms with van der Waals surface area (Å²) >= 11 is 0. The number of imidazole rings is 1. The Morgan fingerprint density at radius 1 is 1.13 bits per heavy atom. The summed E-state index contributed by atoms with van der Waals surface area (Å²) in [6.07, 6.45) is 1.97. The number of carbonyl (C=O) groups excluding carboxylic acids is 1. The van der Waals surface area contributed by atoms with Crippen molar-refractivity contribution in [3.63, 3.8) is 0 Å². The molecule has 0 unspecified atom stereocenters. The predicted octanol–water partition coefficient (Wildman–Crippen LogP) is 2.93. The van der Waals surface area contributed by atoms with Gasteiger partial charge in [0.2, 0.25) is 5.91 Å². The SMILES string of the molecule is C=CC(=O)NCCc1nc2ccccc2n1Cc1ccccc1. The number of hydrogen-bond donors (Lipinski definition) is 1. The van der Waals surface area contributed by atoms with Crippen molar-refractivity contribution in [3.8, 4) is 0 Å². The van der Waals surface area contributed by atoms with Crippen LogP contribution in [0.15, 0.2) is 67.3 Å². The summed E-state index contributed by atoms with van der Waals surface area (Å²) in [5.74, 6) is 0.815. The quantitative estimate of drug-likeness (QED) is 0.712. The molecule has 1 amide bonds. The van der Waals surface area contributed by atoms with Crippen LogP contribution in [0, 0.1) is 0 Å². The molecule has 4 nitrogen and oxygen atoms in total. The third kappa shape index (κ3) is 3.48. The molecule has 0 spiro atoms. The van der Waals surface area contributed by atoms with Crippen molar-refractivity contribution in [1.82, 2.24) is 14.9 Å². The minimum absolute atomic E-state index is 0.157. The maximum absolute atomic E-state index is 11.3. The third-order valence-corrected chi connectivity index (χ3v) is 3.75. The van der Waals surface area contributed by atoms with E-state index in [1.54, 1.807) is 0 Å². The summed E-state index contributed by atoms with van der Waals surface area (Å²) in [5.41, 5.74) is 3.32. The molecule has 0 saturated heterocycles. The number of para-hydroxylation sites is 2. The second kappa shape index (κ2) is 6.92. The van der Waals surface area contributed by atoms with Gasteiger partial charge in [-0.25, -0.2) is 4.98 Å². The molecule has 0 atom stereocenters. The highest BCUT2D eigenvalue weighted by atomic mass is 16.1. The van der Waals surface area contributed by atoms with Crippen LogP contribution in [0.4, 0.5) is 0 Å². The van der Waals surface area contributed by atoms with E-state index in [2.05, 4.69) is 34.7 Å². The lowest BCUT2D eigenvalue weighted by Crippen LogP contribution is -2.24. The van der Waals surface area contributed by atoms with Gasteiger partial charge in [-0.2, -0.15) is 0 Å². The van der Waals surface area contributed by atoms with E-state index in [1.165, 1.54) is 11.6 Å². The second-order valence-corrected chi connectivity index (χ2v) is 5.33. The molecule has 0 fully saturated rings. The predicted molar refractivity (Wildman–Crippen MR) is 92.2 cm³/mol. The average molecular weight is 305 g/mol. The zero-order chi connectivity index (χ0) is 16.1. The van der Waals surface area contributed by atoms with Crippen LogP contribution in [0.3, 0.4) is 0 Å². The van der Waals surface area contributed by atoms with Crippen LogP contribution in [-0.4, -0.2) is 22.0 Å². The molecule has 0 saturated carbocycles. The van der Waals surface area contributed by atoms with Crippen molar-refractivity contribution in [1.29, 1.82) is 0 Å². The van der Waals surface area contributed by atoms with E-state index in [9.17, 15) is 4.79 Å². The van der Waals surface area contributed by atoms with Crippen molar-refractivity contribution in [2.24, 2.45) is 0 Å². The van der Waals surface area contributed by atoms with Crippen LogP contribution in [0.1, 0.15) is 11.4 Å². The fourth-order valence-corrected chi connectivity index (χ4v) is 2.63. The van der Waals surface area contributed by atoms with Crippen molar-refractivity contribution < 1.29 is 4.79 Å². The molecule has 4 heteroatoms. The van der Waals surface area contributed by atoms with Gasteiger partial charge in [0.1, 0.15) is 5.82 Å². The summed E-state index contributed by atoms with van der Waals surface area (Å²) in [6.45, 7) is 4.78. The normalized spacial score (nSPS) is 10.6. The molecule has 3 aromatic rings. The van der Waals surface area contributed by atoms with Gasteiger partial charge in [-0.05, 0) is 23.8 Å². The van der Waals surface area contributed by atoms with Gasteiger partial charge in [-0.1, -0.05) is 49.0 Å². The first-order chi connectivity index (χ1) is 11.3. The molecule has 116 valence electrons. The second-order valence-electron chi connectivity index (χ2n) is 5.33. The molecule has 1 aromatic heterocycles. The topological polar surface area (TPSA) is 46.9 Å². The van der Waals surface area contributed by atoms with E-state index in [4.69, 9.17) is 4.98 Å². The number of aromatic nitrogens is 2. The summed E-state index contributed by atoms with van der Waals surface area (Å²) in [5, 5.41) is 2.81. The molecule has 0 aliphatic rings. The van der Waals surface area contributed by atoms with Crippen LogP contribution in [0.5, 0.6) is 0 Å². The fraction of sp³-hybridized carbons (Fsp3) is 0.158. The van der Waals surface area contributed by atoms with Crippen LogP contribution >= 0.6 is 0 Å². The van der Waals surface area contributed by atoms with Gasteiger partial charge in [0, 0.05) is 19.5 Å². The number of carbonyl (C=O) groups is 1. The monoisotopic (exact) mass is 305 g/mol. The summed E-state index contributed by atoms with van der Waals surface area (Å²) in [7, 11) is 0. The van der Waals surface area contributed by atoms with Crippen molar-refractivity contribution in [2.45, 2.75) is 13.0 Å². The summed E-state index contributed by atoms with van der Waals surface area (Å²) in [4.78, 5) is 16.0. The molecular formula is C19H19N3O. The number of amides is 1. The standard InChI is InChI=1S/C19H19N3O/c1-2-19(23)20-13-12-18-21-16-10-6-7-11-17(16)22(18)14-15-8-4-3-5-9-15/h2-11H,1,12-14H2,(H,20,23). The summed E-state index contributed by atoms with van der Waals surface area (Å²) < 4.78 is 2.21. The van der Waals surface area contributed by atoms with Crippen LogP contribution in [0.2, 0.25) is 0 Å². The molecule has 23 heavy (non-hydrogen) atoms. The van der Waals surface area contributed by atoms with E-state index in [0.29, 0.717) is 13.0 Å². The lowest BCUT2D eigenvalue weighted by Gasteiger charge is -2.10. The Morgan fingerprint density at radius 2 is 1.87 bits per heavy atom. The molecule has 0 aliphatic heterocycles. The molecule has 3 rings (SSSR count). The number of fused-ring (bicyclic) bond motifs is 1. The third-order valence-electron chi connectivity index (χ3n) is 3.75. The smallest absolute Gasteiger partial charge is 0.243 e. The fourth-order valence-electron chi connectivity index (χ4n) is 2.63. The average Bonchev–Trinajstić information content (AvgIpc) is 2.93. The zero-order valence-corrected chi connectivity index (χ0v) is 12.9. The van der Waals surface area contributed by atoms with Gasteiger partial charge in [0.25, 0.3) is 0 Å². The number of nitrogens with one attached hydrogen (secondary N) is 1. The molecule has 1 N–H and O–H groups in total.